The standard InChI is InChI=1S/C12H23N3O5/c1-4-8(2)15(3)6-5-13-12(20)14-9(11(18)19)7-10(16)17/h8-9H,4-7H2,1-3H3,(H,16,17)(H,18,19)(H2,13,14,20)/t8?,9-/m0/s1. The molecule has 4 N–H and O–H groups in total. The maximum atomic E-state index is 11.5. The summed E-state index contributed by atoms with van der Waals surface area (Å²) in [5, 5.41) is 21.9. The summed E-state index contributed by atoms with van der Waals surface area (Å²) in [5.41, 5.74) is 0. The molecule has 116 valence electrons. The maximum absolute atomic E-state index is 11.5. The van der Waals surface area contributed by atoms with Crippen molar-refractivity contribution in [2.75, 3.05) is 20.1 Å². The smallest absolute Gasteiger partial charge is 0.326 e. The zero-order valence-corrected chi connectivity index (χ0v) is 12.0. The van der Waals surface area contributed by atoms with Crippen LogP contribution in [0.15, 0.2) is 0 Å². The first kappa shape index (κ1) is 18.2. The summed E-state index contributed by atoms with van der Waals surface area (Å²) in [6.07, 6.45) is 0.331. The molecule has 0 radical (unpaired) electrons. The number of aliphatic carboxylic acids is 2. The molecule has 0 spiro atoms. The van der Waals surface area contributed by atoms with Crippen molar-refractivity contribution in [2.24, 2.45) is 0 Å². The van der Waals surface area contributed by atoms with Gasteiger partial charge >= 0.3 is 18.0 Å². The van der Waals surface area contributed by atoms with Crippen molar-refractivity contribution in [1.82, 2.24) is 15.5 Å². The Labute approximate surface area is 118 Å². The third kappa shape index (κ3) is 7.57. The van der Waals surface area contributed by atoms with Crippen molar-refractivity contribution in [3.63, 3.8) is 0 Å². The van der Waals surface area contributed by atoms with E-state index in [2.05, 4.69) is 29.4 Å². The molecule has 0 aromatic rings. The number of carboxylic acids is 2. The average Bonchev–Trinajstić information content (AvgIpc) is 2.36. The lowest BCUT2D eigenvalue weighted by Crippen LogP contribution is -2.48. The quantitative estimate of drug-likeness (QED) is 0.472. The third-order valence-corrected chi connectivity index (χ3v) is 3.08. The van der Waals surface area contributed by atoms with Crippen LogP contribution >= 0.6 is 0 Å². The van der Waals surface area contributed by atoms with Crippen LogP contribution in [-0.2, 0) is 9.59 Å². The number of likely N-dealkylation sites (N-methyl/N-ethyl adjacent to an activating group) is 1. The van der Waals surface area contributed by atoms with E-state index in [1.54, 1.807) is 0 Å². The van der Waals surface area contributed by atoms with Gasteiger partial charge in [0.1, 0.15) is 6.04 Å². The number of hydrogen-bond donors (Lipinski definition) is 4. The van der Waals surface area contributed by atoms with Gasteiger partial charge in [0.05, 0.1) is 6.42 Å². The van der Waals surface area contributed by atoms with Crippen molar-refractivity contribution < 1.29 is 24.6 Å². The molecule has 0 saturated heterocycles. The predicted octanol–water partition coefficient (Wildman–Crippen LogP) is -0.0562. The van der Waals surface area contributed by atoms with Crippen LogP contribution in [0.4, 0.5) is 4.79 Å². The minimum Gasteiger partial charge on any atom is -0.481 e. The van der Waals surface area contributed by atoms with E-state index in [1.165, 1.54) is 0 Å². The van der Waals surface area contributed by atoms with Gasteiger partial charge in [-0.25, -0.2) is 9.59 Å². The number of nitrogens with one attached hydrogen (secondary N) is 2. The van der Waals surface area contributed by atoms with Gasteiger partial charge < -0.3 is 25.7 Å². The Hall–Kier alpha value is -1.83. The largest absolute Gasteiger partial charge is 0.481 e. The molecule has 0 bridgehead atoms. The van der Waals surface area contributed by atoms with E-state index >= 15 is 0 Å². The fourth-order valence-electron chi connectivity index (χ4n) is 1.46. The summed E-state index contributed by atoms with van der Waals surface area (Å²) >= 11 is 0. The van der Waals surface area contributed by atoms with Crippen molar-refractivity contribution >= 4 is 18.0 Å². The maximum Gasteiger partial charge on any atom is 0.326 e. The van der Waals surface area contributed by atoms with Crippen LogP contribution in [-0.4, -0.2) is 65.3 Å². The number of rotatable bonds is 9. The second-order valence-corrected chi connectivity index (χ2v) is 4.63. The van der Waals surface area contributed by atoms with Gasteiger partial charge in [0.15, 0.2) is 0 Å². The van der Waals surface area contributed by atoms with Crippen LogP contribution in [0.3, 0.4) is 0 Å². The van der Waals surface area contributed by atoms with E-state index in [1.807, 2.05) is 7.05 Å². The van der Waals surface area contributed by atoms with Crippen LogP contribution in [0.5, 0.6) is 0 Å². The average molecular weight is 289 g/mol. The lowest BCUT2D eigenvalue weighted by atomic mass is 10.2. The summed E-state index contributed by atoms with van der Waals surface area (Å²) in [6.45, 7) is 5.10. The molecule has 20 heavy (non-hydrogen) atoms. The number of urea groups is 1. The molecule has 0 aromatic heterocycles. The fraction of sp³-hybridized carbons (Fsp3) is 0.750. The molecule has 0 rings (SSSR count). The number of carbonyl (C=O) groups excluding carboxylic acids is 1. The first-order chi connectivity index (χ1) is 9.27. The summed E-state index contributed by atoms with van der Waals surface area (Å²) in [5.74, 6) is -2.66. The highest BCUT2D eigenvalue weighted by Gasteiger charge is 2.22. The lowest BCUT2D eigenvalue weighted by molar-refractivity contribution is -0.145. The SMILES string of the molecule is CCC(C)N(C)CCNC(=O)N[C@@H](CC(=O)O)C(=O)O. The fourth-order valence-corrected chi connectivity index (χ4v) is 1.46. The molecule has 0 fully saturated rings. The number of carboxylic acid groups (broad SMARTS) is 2. The van der Waals surface area contributed by atoms with Gasteiger partial charge in [-0.1, -0.05) is 6.92 Å². The van der Waals surface area contributed by atoms with Crippen LogP contribution in [0.1, 0.15) is 26.7 Å². The molecular formula is C12H23N3O5. The third-order valence-electron chi connectivity index (χ3n) is 3.08. The zero-order valence-electron chi connectivity index (χ0n) is 12.0. The van der Waals surface area contributed by atoms with Crippen molar-refractivity contribution in [3.8, 4) is 0 Å². The lowest BCUT2D eigenvalue weighted by Gasteiger charge is -2.23. The summed E-state index contributed by atoms with van der Waals surface area (Å²) < 4.78 is 0. The Morgan fingerprint density at radius 1 is 1.25 bits per heavy atom. The molecule has 8 heteroatoms. The number of nitrogens with zero attached hydrogens (tertiary/aromatic N) is 1. The summed E-state index contributed by atoms with van der Waals surface area (Å²) in [7, 11) is 1.93. The molecule has 8 nitrogen and oxygen atoms in total. The van der Waals surface area contributed by atoms with Gasteiger partial charge in [0, 0.05) is 19.1 Å². The van der Waals surface area contributed by atoms with E-state index in [-0.39, 0.29) is 0 Å². The van der Waals surface area contributed by atoms with E-state index < -0.39 is 30.4 Å². The Bertz CT molecular complexity index is 348. The van der Waals surface area contributed by atoms with E-state index in [0.717, 1.165) is 6.42 Å². The molecule has 0 aliphatic carbocycles. The highest BCUT2D eigenvalue weighted by Crippen LogP contribution is 1.98. The van der Waals surface area contributed by atoms with Crippen LogP contribution in [0, 0.1) is 0 Å². The predicted molar refractivity (Wildman–Crippen MR) is 72.6 cm³/mol. The number of amides is 2. The molecule has 0 aliphatic rings. The van der Waals surface area contributed by atoms with E-state index in [0.29, 0.717) is 19.1 Å². The molecule has 2 amide bonds. The van der Waals surface area contributed by atoms with Gasteiger partial charge in [-0.15, -0.1) is 0 Å². The Balaban J connectivity index is 4.08. The minimum absolute atomic E-state index is 0.353. The van der Waals surface area contributed by atoms with Crippen molar-refractivity contribution in [2.45, 2.75) is 38.8 Å². The van der Waals surface area contributed by atoms with E-state index in [4.69, 9.17) is 10.2 Å². The second kappa shape index (κ2) is 9.13. The van der Waals surface area contributed by atoms with Crippen LogP contribution in [0.2, 0.25) is 0 Å². The highest BCUT2D eigenvalue weighted by atomic mass is 16.4. The molecule has 1 unspecified atom stereocenters. The Morgan fingerprint density at radius 3 is 2.30 bits per heavy atom. The van der Waals surface area contributed by atoms with Crippen molar-refractivity contribution in [1.29, 1.82) is 0 Å². The first-order valence-electron chi connectivity index (χ1n) is 6.47. The van der Waals surface area contributed by atoms with Gasteiger partial charge in [-0.05, 0) is 20.4 Å². The van der Waals surface area contributed by atoms with Gasteiger partial charge in [-0.2, -0.15) is 0 Å². The highest BCUT2D eigenvalue weighted by molar-refractivity contribution is 5.86. The van der Waals surface area contributed by atoms with Crippen LogP contribution in [0.25, 0.3) is 0 Å². The monoisotopic (exact) mass is 289 g/mol. The summed E-state index contributed by atoms with van der Waals surface area (Å²) in [6, 6.07) is -1.73. The zero-order chi connectivity index (χ0) is 15.7. The molecule has 0 heterocycles. The number of carbonyl (C=O) groups is 3. The van der Waals surface area contributed by atoms with E-state index in [9.17, 15) is 14.4 Å². The van der Waals surface area contributed by atoms with Gasteiger partial charge in [0.2, 0.25) is 0 Å². The number of hydrogen-bond acceptors (Lipinski definition) is 4. The van der Waals surface area contributed by atoms with Gasteiger partial charge in [-0.3, -0.25) is 4.79 Å². The first-order valence-corrected chi connectivity index (χ1v) is 6.47. The second-order valence-electron chi connectivity index (χ2n) is 4.63. The van der Waals surface area contributed by atoms with Gasteiger partial charge in [0.25, 0.3) is 0 Å². The normalized spacial score (nSPS) is 13.6. The topological polar surface area (TPSA) is 119 Å². The summed E-state index contributed by atoms with van der Waals surface area (Å²) in [4.78, 5) is 34.8. The molecule has 0 aromatic carbocycles. The molecule has 0 saturated carbocycles. The van der Waals surface area contributed by atoms with Crippen molar-refractivity contribution in [3.05, 3.63) is 0 Å². The molecule has 2 atom stereocenters. The minimum atomic E-state index is -1.43. The molecular weight excluding hydrogens is 266 g/mol. The molecule has 0 aliphatic heterocycles. The Morgan fingerprint density at radius 2 is 1.85 bits per heavy atom. The Kier molecular flexibility index (Phi) is 8.30. The van der Waals surface area contributed by atoms with Crippen LogP contribution < -0.4 is 10.6 Å².